The Kier molecular flexibility index (Phi) is 4.42. The number of anilines is 2. The van der Waals surface area contributed by atoms with Crippen LogP contribution in [0.1, 0.15) is 10.4 Å². The van der Waals surface area contributed by atoms with Crippen LogP contribution in [0.4, 0.5) is 15.9 Å². The van der Waals surface area contributed by atoms with Crippen LogP contribution < -0.4 is 10.6 Å². The first-order valence-corrected chi connectivity index (χ1v) is 6.36. The second kappa shape index (κ2) is 6.07. The van der Waals surface area contributed by atoms with Crippen molar-refractivity contribution in [3.63, 3.8) is 0 Å². The van der Waals surface area contributed by atoms with E-state index in [1.54, 1.807) is 13.1 Å². The number of halogens is 3. The lowest BCUT2D eigenvalue weighted by Crippen LogP contribution is -2.15. The third-order valence-corrected chi connectivity index (χ3v) is 2.89. The molecule has 0 unspecified atom stereocenters. The molecular formula is C13H10Cl2FN3O. The molecule has 0 aliphatic carbocycles. The van der Waals surface area contributed by atoms with Crippen molar-refractivity contribution >= 4 is 40.6 Å². The van der Waals surface area contributed by atoms with Crippen molar-refractivity contribution in [2.75, 3.05) is 17.7 Å². The molecule has 7 heteroatoms. The highest BCUT2D eigenvalue weighted by atomic mass is 35.5. The van der Waals surface area contributed by atoms with E-state index in [1.165, 1.54) is 12.1 Å². The fraction of sp³-hybridized carbons (Fsp3) is 0.0769. The summed E-state index contributed by atoms with van der Waals surface area (Å²) in [5, 5.41) is 6.08. The number of carbonyl (C=O) groups is 1. The van der Waals surface area contributed by atoms with Gasteiger partial charge in [0.2, 0.25) is 0 Å². The molecule has 20 heavy (non-hydrogen) atoms. The summed E-state index contributed by atoms with van der Waals surface area (Å²) in [5.41, 5.74) is 0.502. The van der Waals surface area contributed by atoms with Gasteiger partial charge in [-0.15, -0.1) is 0 Å². The van der Waals surface area contributed by atoms with Gasteiger partial charge in [-0.2, -0.15) is 0 Å². The van der Waals surface area contributed by atoms with Gasteiger partial charge in [0, 0.05) is 22.8 Å². The third-order valence-electron chi connectivity index (χ3n) is 2.46. The number of nitrogens with one attached hydrogen (secondary N) is 2. The molecule has 0 aliphatic heterocycles. The van der Waals surface area contributed by atoms with Crippen LogP contribution in [-0.2, 0) is 0 Å². The third kappa shape index (κ3) is 3.37. The number of aromatic nitrogens is 1. The quantitative estimate of drug-likeness (QED) is 0.905. The number of amides is 1. The number of nitrogens with zero attached hydrogens (tertiary/aromatic N) is 1. The molecular weight excluding hydrogens is 304 g/mol. The Morgan fingerprint density at radius 3 is 2.45 bits per heavy atom. The Hall–Kier alpha value is -1.85. The lowest BCUT2D eigenvalue weighted by molar-refractivity contribution is 0.102. The monoisotopic (exact) mass is 313 g/mol. The fourth-order valence-electron chi connectivity index (χ4n) is 1.64. The highest BCUT2D eigenvalue weighted by Gasteiger charge is 2.14. The van der Waals surface area contributed by atoms with Crippen LogP contribution in [0.15, 0.2) is 30.5 Å². The van der Waals surface area contributed by atoms with Gasteiger partial charge in [0.1, 0.15) is 11.6 Å². The van der Waals surface area contributed by atoms with E-state index < -0.39 is 11.7 Å². The molecule has 1 aromatic carbocycles. The summed E-state index contributed by atoms with van der Waals surface area (Å²) in [6.07, 6.45) is 1.03. The molecule has 0 saturated carbocycles. The Morgan fingerprint density at radius 2 is 1.85 bits per heavy atom. The van der Waals surface area contributed by atoms with E-state index in [9.17, 15) is 9.18 Å². The van der Waals surface area contributed by atoms with Crippen molar-refractivity contribution in [1.82, 2.24) is 4.98 Å². The number of pyridine rings is 1. The smallest absolute Gasteiger partial charge is 0.259 e. The summed E-state index contributed by atoms with van der Waals surface area (Å²) in [5.74, 6) is -0.838. The van der Waals surface area contributed by atoms with Gasteiger partial charge < -0.3 is 10.6 Å². The van der Waals surface area contributed by atoms with E-state index >= 15 is 0 Å². The predicted molar refractivity (Wildman–Crippen MR) is 78.2 cm³/mol. The molecule has 0 bridgehead atoms. The van der Waals surface area contributed by atoms with E-state index in [1.807, 2.05) is 0 Å². The molecule has 4 nitrogen and oxygen atoms in total. The zero-order valence-corrected chi connectivity index (χ0v) is 11.9. The number of hydrogen-bond donors (Lipinski definition) is 2. The lowest BCUT2D eigenvalue weighted by atomic mass is 10.2. The number of rotatable bonds is 3. The minimum Gasteiger partial charge on any atom is -0.372 e. The number of benzene rings is 1. The van der Waals surface area contributed by atoms with Crippen molar-refractivity contribution in [1.29, 1.82) is 0 Å². The first-order chi connectivity index (χ1) is 9.49. The van der Waals surface area contributed by atoms with Crippen LogP contribution in [0.25, 0.3) is 0 Å². The maximum Gasteiger partial charge on any atom is 0.259 e. The molecule has 1 amide bonds. The molecule has 1 aromatic heterocycles. The Bertz CT molecular complexity index is 644. The summed E-state index contributed by atoms with van der Waals surface area (Å²) in [6, 6.07) is 5.72. The normalized spacial score (nSPS) is 10.2. The Morgan fingerprint density at radius 1 is 1.20 bits per heavy atom. The van der Waals surface area contributed by atoms with Crippen LogP contribution in [-0.4, -0.2) is 17.9 Å². The van der Waals surface area contributed by atoms with Crippen molar-refractivity contribution in [3.05, 3.63) is 51.9 Å². The summed E-state index contributed by atoms with van der Waals surface area (Å²) in [4.78, 5) is 15.9. The molecule has 1 heterocycles. The fourth-order valence-corrected chi connectivity index (χ4v) is 2.16. The summed E-state index contributed by atoms with van der Waals surface area (Å²) in [6.45, 7) is 0. The largest absolute Gasteiger partial charge is 0.372 e. The van der Waals surface area contributed by atoms with Gasteiger partial charge in [-0.05, 0) is 24.3 Å². The highest BCUT2D eigenvalue weighted by Crippen LogP contribution is 2.23. The molecule has 0 saturated heterocycles. The molecule has 0 fully saturated rings. The summed E-state index contributed by atoms with van der Waals surface area (Å²) >= 11 is 11.7. The van der Waals surface area contributed by atoms with Crippen LogP contribution in [0.5, 0.6) is 0 Å². The molecule has 0 atom stereocenters. The molecule has 2 aromatic rings. The van der Waals surface area contributed by atoms with Gasteiger partial charge in [0.15, 0.2) is 0 Å². The van der Waals surface area contributed by atoms with Crippen LogP contribution in [0, 0.1) is 5.82 Å². The molecule has 0 radical (unpaired) electrons. The van der Waals surface area contributed by atoms with E-state index in [2.05, 4.69) is 15.6 Å². The van der Waals surface area contributed by atoms with E-state index in [4.69, 9.17) is 23.2 Å². The van der Waals surface area contributed by atoms with E-state index in [0.29, 0.717) is 15.7 Å². The van der Waals surface area contributed by atoms with E-state index in [0.717, 1.165) is 12.3 Å². The molecule has 104 valence electrons. The zero-order valence-electron chi connectivity index (χ0n) is 10.4. The molecule has 2 rings (SSSR count). The molecule has 0 aliphatic rings. The Balaban J connectivity index is 2.30. The maximum absolute atomic E-state index is 13.2. The van der Waals surface area contributed by atoms with Gasteiger partial charge in [0.05, 0.1) is 11.8 Å². The van der Waals surface area contributed by atoms with Crippen molar-refractivity contribution in [3.8, 4) is 0 Å². The number of hydrogen-bond acceptors (Lipinski definition) is 3. The zero-order chi connectivity index (χ0) is 14.7. The van der Waals surface area contributed by atoms with Crippen molar-refractivity contribution in [2.45, 2.75) is 0 Å². The second-order valence-electron chi connectivity index (χ2n) is 3.91. The van der Waals surface area contributed by atoms with Crippen LogP contribution in [0.3, 0.4) is 0 Å². The van der Waals surface area contributed by atoms with Crippen molar-refractivity contribution < 1.29 is 9.18 Å². The SMILES string of the molecule is CNc1ncc(F)cc1C(=O)Nc1cc(Cl)cc(Cl)c1. The van der Waals surface area contributed by atoms with Gasteiger partial charge in [-0.1, -0.05) is 23.2 Å². The van der Waals surface area contributed by atoms with Crippen LogP contribution in [0.2, 0.25) is 10.0 Å². The topological polar surface area (TPSA) is 54.0 Å². The number of carbonyl (C=O) groups excluding carboxylic acids is 1. The minimum absolute atomic E-state index is 0.0867. The van der Waals surface area contributed by atoms with E-state index in [-0.39, 0.29) is 11.4 Å². The minimum atomic E-state index is -0.599. The van der Waals surface area contributed by atoms with Crippen LogP contribution >= 0.6 is 23.2 Å². The first kappa shape index (κ1) is 14.6. The lowest BCUT2D eigenvalue weighted by Gasteiger charge is -2.09. The van der Waals surface area contributed by atoms with Gasteiger partial charge in [-0.3, -0.25) is 4.79 Å². The molecule has 2 N–H and O–H groups in total. The van der Waals surface area contributed by atoms with Gasteiger partial charge >= 0.3 is 0 Å². The van der Waals surface area contributed by atoms with Gasteiger partial charge in [0.25, 0.3) is 5.91 Å². The summed E-state index contributed by atoms with van der Waals surface area (Å²) in [7, 11) is 1.59. The second-order valence-corrected chi connectivity index (χ2v) is 4.78. The molecule has 0 spiro atoms. The highest BCUT2D eigenvalue weighted by molar-refractivity contribution is 6.35. The average Bonchev–Trinajstić information content (AvgIpc) is 2.37. The average molecular weight is 314 g/mol. The predicted octanol–water partition coefficient (Wildman–Crippen LogP) is 3.82. The van der Waals surface area contributed by atoms with Crippen molar-refractivity contribution in [2.24, 2.45) is 0 Å². The summed E-state index contributed by atoms with van der Waals surface area (Å²) < 4.78 is 13.2. The van der Waals surface area contributed by atoms with Gasteiger partial charge in [-0.25, -0.2) is 9.37 Å². The maximum atomic E-state index is 13.2. The Labute approximate surface area is 124 Å². The standard InChI is InChI=1S/C13H10Cl2FN3O/c1-17-12-11(5-9(16)6-18-12)13(20)19-10-3-7(14)2-8(15)4-10/h2-6H,1H3,(H,17,18)(H,19,20). The first-order valence-electron chi connectivity index (χ1n) is 5.60.